The summed E-state index contributed by atoms with van der Waals surface area (Å²) in [6, 6.07) is 4.76. The van der Waals surface area contributed by atoms with Gasteiger partial charge in [-0.3, -0.25) is 0 Å². The Labute approximate surface area is 141 Å². The quantitative estimate of drug-likeness (QED) is 0.620. The van der Waals surface area contributed by atoms with Crippen molar-refractivity contribution < 1.29 is 4.39 Å². The average Bonchev–Trinajstić information content (AvgIpc) is 2.58. The average molecular weight is 322 g/mol. The first-order valence-electron chi connectivity index (χ1n) is 8.02. The second-order valence-corrected chi connectivity index (χ2v) is 5.68. The molecule has 0 saturated heterocycles. The first-order chi connectivity index (χ1) is 11.7. The van der Waals surface area contributed by atoms with Crippen molar-refractivity contribution in [2.75, 3.05) is 0 Å². The van der Waals surface area contributed by atoms with Gasteiger partial charge in [-0.2, -0.15) is 14.6 Å². The third-order valence-corrected chi connectivity index (χ3v) is 3.90. The minimum atomic E-state index is -0.502. The molecule has 2 aromatic heterocycles. The third kappa shape index (κ3) is 3.42. The van der Waals surface area contributed by atoms with Gasteiger partial charge >= 0.3 is 0 Å². The van der Waals surface area contributed by atoms with E-state index in [0.717, 1.165) is 29.8 Å². The molecule has 1 aliphatic rings. The number of pyridine rings is 1. The highest BCUT2D eigenvalue weighted by atomic mass is 19.1. The summed E-state index contributed by atoms with van der Waals surface area (Å²) in [7, 11) is 0. The Morgan fingerprint density at radius 1 is 1.29 bits per heavy atom. The van der Waals surface area contributed by atoms with E-state index in [2.05, 4.69) is 34.8 Å². The monoisotopic (exact) mass is 322 g/mol. The Morgan fingerprint density at radius 2 is 2.17 bits per heavy atom. The van der Waals surface area contributed by atoms with E-state index in [0.29, 0.717) is 12.2 Å². The van der Waals surface area contributed by atoms with Crippen molar-refractivity contribution in [1.82, 2.24) is 20.1 Å². The van der Waals surface area contributed by atoms with Crippen LogP contribution in [-0.4, -0.2) is 20.1 Å². The highest BCUT2D eigenvalue weighted by Crippen LogP contribution is 2.23. The number of halogens is 1. The van der Waals surface area contributed by atoms with Crippen molar-refractivity contribution in [3.8, 4) is 0 Å². The molecule has 0 aromatic carbocycles. The number of hydrogen-bond acceptors (Lipinski definition) is 4. The van der Waals surface area contributed by atoms with Gasteiger partial charge in [-0.05, 0) is 48.8 Å². The van der Waals surface area contributed by atoms with Crippen LogP contribution in [0.15, 0.2) is 48.5 Å². The summed E-state index contributed by atoms with van der Waals surface area (Å²) in [5.74, 6) is -0.502. The zero-order chi connectivity index (χ0) is 16.9. The molecule has 0 amide bonds. The van der Waals surface area contributed by atoms with Crippen LogP contribution in [0.25, 0.3) is 5.70 Å². The smallest absolute Gasteiger partial charge is 0.213 e. The molecule has 5 heteroatoms. The number of allylic oxidation sites excluding steroid dienone is 2. The molecule has 0 spiro atoms. The molecular formula is C19H19FN4. The lowest BCUT2D eigenvalue weighted by Crippen LogP contribution is -2.19. The van der Waals surface area contributed by atoms with Gasteiger partial charge in [-0.15, -0.1) is 0 Å². The first kappa shape index (κ1) is 16.1. The molecule has 24 heavy (non-hydrogen) atoms. The van der Waals surface area contributed by atoms with Gasteiger partial charge in [0.2, 0.25) is 5.95 Å². The van der Waals surface area contributed by atoms with E-state index >= 15 is 0 Å². The van der Waals surface area contributed by atoms with E-state index < -0.39 is 5.95 Å². The maximum Gasteiger partial charge on any atom is 0.213 e. The number of hydrogen-bond donors (Lipinski definition) is 0. The van der Waals surface area contributed by atoms with Crippen molar-refractivity contribution in [3.05, 3.63) is 76.9 Å². The molecule has 0 saturated carbocycles. The number of nitrogens with zero attached hydrogens (tertiary/aromatic N) is 4. The van der Waals surface area contributed by atoms with Crippen LogP contribution in [-0.2, 0) is 13.0 Å². The molecule has 0 unspecified atom stereocenters. The molecule has 0 radical (unpaired) electrons. The Morgan fingerprint density at radius 3 is 2.96 bits per heavy atom. The van der Waals surface area contributed by atoms with E-state index in [1.807, 2.05) is 17.2 Å². The minimum Gasteiger partial charge on any atom is -0.334 e. The van der Waals surface area contributed by atoms with Gasteiger partial charge in [-0.1, -0.05) is 25.1 Å². The summed E-state index contributed by atoms with van der Waals surface area (Å²) >= 11 is 0. The van der Waals surface area contributed by atoms with Crippen LogP contribution >= 0.6 is 0 Å². The van der Waals surface area contributed by atoms with Crippen LogP contribution in [0.1, 0.15) is 35.9 Å². The summed E-state index contributed by atoms with van der Waals surface area (Å²) in [4.78, 5) is 5.94. The van der Waals surface area contributed by atoms with Gasteiger partial charge in [0.15, 0.2) is 0 Å². The summed E-state index contributed by atoms with van der Waals surface area (Å²) < 4.78 is 13.5. The largest absolute Gasteiger partial charge is 0.334 e. The highest BCUT2D eigenvalue weighted by Gasteiger charge is 2.17. The summed E-state index contributed by atoms with van der Waals surface area (Å²) in [6.07, 6.45) is 9.42. The second kappa shape index (κ2) is 7.20. The molecule has 0 aliphatic carbocycles. The first-order valence-corrected chi connectivity index (χ1v) is 8.02. The van der Waals surface area contributed by atoms with Crippen LogP contribution in [0.2, 0.25) is 0 Å². The Bertz CT molecular complexity index is 835. The lowest BCUT2D eigenvalue weighted by atomic mass is 10.0. The normalized spacial score (nSPS) is 13.3. The fourth-order valence-electron chi connectivity index (χ4n) is 2.76. The molecule has 4 nitrogen and oxygen atoms in total. The number of rotatable bonds is 5. The van der Waals surface area contributed by atoms with Gasteiger partial charge in [0, 0.05) is 6.20 Å². The van der Waals surface area contributed by atoms with Crippen LogP contribution in [0.5, 0.6) is 0 Å². The van der Waals surface area contributed by atoms with E-state index in [1.165, 1.54) is 11.6 Å². The second-order valence-electron chi connectivity index (χ2n) is 5.68. The molecule has 0 atom stereocenters. The molecule has 0 N–H and O–H groups in total. The van der Waals surface area contributed by atoms with Crippen LogP contribution < -0.4 is 0 Å². The Balaban J connectivity index is 1.94. The van der Waals surface area contributed by atoms with Crippen molar-refractivity contribution >= 4 is 5.70 Å². The fourth-order valence-corrected chi connectivity index (χ4v) is 2.76. The highest BCUT2D eigenvalue weighted by molar-refractivity contribution is 5.62. The predicted molar refractivity (Wildman–Crippen MR) is 91.1 cm³/mol. The van der Waals surface area contributed by atoms with Crippen LogP contribution in [0.4, 0.5) is 4.39 Å². The van der Waals surface area contributed by atoms with Crippen molar-refractivity contribution in [2.24, 2.45) is 0 Å². The maximum atomic E-state index is 13.5. The molecule has 0 fully saturated rings. The summed E-state index contributed by atoms with van der Waals surface area (Å²) in [6.45, 7) is 4.75. The molecule has 1 aliphatic heterocycles. The standard InChI is InChI=1S/C19H19FN4/c1-3-7-15-14(2)12-21-23-17(15)13-24-11-5-4-9-18(24)16-8-6-10-19(20)22-16/h4-6,8,10-12H,3,7,13H2,1-2H3. The lowest BCUT2D eigenvalue weighted by molar-refractivity contribution is 0.501. The number of aromatic nitrogens is 3. The van der Waals surface area contributed by atoms with Crippen molar-refractivity contribution in [2.45, 2.75) is 33.2 Å². The van der Waals surface area contributed by atoms with Crippen molar-refractivity contribution in [1.29, 1.82) is 0 Å². The molecule has 122 valence electrons. The summed E-state index contributed by atoms with van der Waals surface area (Å²) in [5, 5.41) is 8.42. The lowest BCUT2D eigenvalue weighted by Gasteiger charge is -2.24. The molecule has 3 heterocycles. The van der Waals surface area contributed by atoms with E-state index in [-0.39, 0.29) is 0 Å². The molecule has 0 bridgehead atoms. The summed E-state index contributed by atoms with van der Waals surface area (Å²) in [5.41, 5.74) is 7.73. The molecule has 2 aromatic rings. The topological polar surface area (TPSA) is 41.9 Å². The van der Waals surface area contributed by atoms with Gasteiger partial charge < -0.3 is 4.90 Å². The fraction of sp³-hybridized carbons (Fsp3) is 0.263. The van der Waals surface area contributed by atoms with Crippen LogP contribution in [0.3, 0.4) is 0 Å². The number of aryl methyl sites for hydroxylation is 1. The van der Waals surface area contributed by atoms with Gasteiger partial charge in [0.05, 0.1) is 24.1 Å². The van der Waals surface area contributed by atoms with E-state index in [4.69, 9.17) is 0 Å². The minimum absolute atomic E-state index is 0.502. The molecule has 3 rings (SSSR count). The third-order valence-electron chi connectivity index (χ3n) is 3.90. The maximum absolute atomic E-state index is 13.5. The van der Waals surface area contributed by atoms with Gasteiger partial charge in [0.1, 0.15) is 5.70 Å². The molecular weight excluding hydrogens is 303 g/mol. The van der Waals surface area contributed by atoms with E-state index in [1.54, 1.807) is 24.4 Å². The van der Waals surface area contributed by atoms with E-state index in [9.17, 15) is 4.39 Å². The zero-order valence-electron chi connectivity index (χ0n) is 13.8. The SMILES string of the molecule is CCCc1c(C)cnnc1CN1C=CC=C=C1c1cccc(F)n1. The Kier molecular flexibility index (Phi) is 4.82. The van der Waals surface area contributed by atoms with Gasteiger partial charge in [-0.25, -0.2) is 4.98 Å². The zero-order valence-corrected chi connectivity index (χ0v) is 13.8. The van der Waals surface area contributed by atoms with Crippen LogP contribution in [0, 0.1) is 12.9 Å². The Hall–Kier alpha value is -2.78. The van der Waals surface area contributed by atoms with Gasteiger partial charge in [0.25, 0.3) is 0 Å². The van der Waals surface area contributed by atoms with Crippen molar-refractivity contribution in [3.63, 3.8) is 0 Å². The predicted octanol–water partition coefficient (Wildman–Crippen LogP) is 3.80.